The Kier molecular flexibility index (Phi) is 7.74. The van der Waals surface area contributed by atoms with E-state index < -0.39 is 5.97 Å². The zero-order valence-corrected chi connectivity index (χ0v) is 12.6. The first-order chi connectivity index (χ1) is 10.2. The Bertz CT molecular complexity index is 518. The molecule has 0 aliphatic rings. The molecule has 0 saturated heterocycles. The average molecular weight is 286 g/mol. The molecule has 3 nitrogen and oxygen atoms in total. The van der Waals surface area contributed by atoms with E-state index in [1.54, 1.807) is 6.92 Å². The molecule has 1 atom stereocenters. The Morgan fingerprint density at radius 2 is 2.05 bits per heavy atom. The number of benzene rings is 1. The van der Waals surface area contributed by atoms with Crippen molar-refractivity contribution in [3.05, 3.63) is 42.0 Å². The molecule has 0 bridgehead atoms. The summed E-state index contributed by atoms with van der Waals surface area (Å²) in [5.41, 5.74) is 0.903. The van der Waals surface area contributed by atoms with Gasteiger partial charge >= 0.3 is 5.97 Å². The van der Waals surface area contributed by atoms with Crippen LogP contribution in [-0.2, 0) is 4.79 Å². The summed E-state index contributed by atoms with van der Waals surface area (Å²) in [6.45, 7) is 4.40. The van der Waals surface area contributed by atoms with Crippen LogP contribution in [0.15, 0.2) is 36.4 Å². The molecule has 21 heavy (non-hydrogen) atoms. The number of hydrogen-bond donors (Lipinski definition) is 1. The van der Waals surface area contributed by atoms with Gasteiger partial charge in [-0.3, -0.25) is 4.79 Å². The summed E-state index contributed by atoms with van der Waals surface area (Å²) in [6.07, 6.45) is 6.32. The standard InChI is InChI=1S/C18H22O3/c1-3-5-6-7-13-21-17-11-9-15(10-12-17)16(8-4-2)14-18(19)20/h6-7,9-12,16H,3,5,13-14H2,1-2H3,(H,19,20)/t16-/m0/s1. The van der Waals surface area contributed by atoms with Crippen LogP contribution in [0.25, 0.3) is 0 Å². The topological polar surface area (TPSA) is 46.5 Å². The lowest BCUT2D eigenvalue weighted by Gasteiger charge is -2.10. The summed E-state index contributed by atoms with van der Waals surface area (Å²) >= 11 is 0. The van der Waals surface area contributed by atoms with Gasteiger partial charge in [0.15, 0.2) is 0 Å². The van der Waals surface area contributed by atoms with Crippen molar-refractivity contribution in [2.24, 2.45) is 0 Å². The molecular formula is C18H22O3. The van der Waals surface area contributed by atoms with Crippen LogP contribution in [0.4, 0.5) is 0 Å². The molecule has 0 radical (unpaired) electrons. The molecule has 1 aromatic carbocycles. The van der Waals surface area contributed by atoms with Gasteiger partial charge in [-0.2, -0.15) is 0 Å². The van der Waals surface area contributed by atoms with E-state index in [0.717, 1.165) is 24.2 Å². The Labute approximate surface area is 126 Å². The molecular weight excluding hydrogens is 264 g/mol. The second-order valence-corrected chi connectivity index (χ2v) is 4.68. The number of carboxylic acids is 1. The van der Waals surface area contributed by atoms with Crippen molar-refractivity contribution in [3.63, 3.8) is 0 Å². The first-order valence-electron chi connectivity index (χ1n) is 7.19. The van der Waals surface area contributed by atoms with E-state index >= 15 is 0 Å². The first kappa shape index (κ1) is 16.8. The Balaban J connectivity index is 2.62. The third-order valence-electron chi connectivity index (χ3n) is 2.95. The van der Waals surface area contributed by atoms with Crippen molar-refractivity contribution in [1.29, 1.82) is 0 Å². The SMILES string of the molecule is CC#C[C@@H](CC(=O)O)c1ccc(OCC=CCCC)cc1. The van der Waals surface area contributed by atoms with E-state index in [4.69, 9.17) is 9.84 Å². The van der Waals surface area contributed by atoms with Crippen molar-refractivity contribution >= 4 is 5.97 Å². The number of ether oxygens (including phenoxy) is 1. The van der Waals surface area contributed by atoms with Crippen LogP contribution in [0, 0.1) is 11.8 Å². The second kappa shape index (κ2) is 9.66. The van der Waals surface area contributed by atoms with E-state index in [2.05, 4.69) is 24.8 Å². The Morgan fingerprint density at radius 3 is 2.62 bits per heavy atom. The molecule has 0 aliphatic heterocycles. The maximum atomic E-state index is 10.9. The molecule has 0 aliphatic carbocycles. The number of unbranched alkanes of at least 4 members (excludes halogenated alkanes) is 1. The van der Waals surface area contributed by atoms with E-state index in [9.17, 15) is 4.79 Å². The number of hydrogen-bond acceptors (Lipinski definition) is 2. The maximum Gasteiger partial charge on any atom is 0.304 e. The molecule has 0 aromatic heterocycles. The largest absolute Gasteiger partial charge is 0.490 e. The fourth-order valence-electron chi connectivity index (χ4n) is 1.89. The number of aliphatic carboxylic acids is 1. The Hall–Kier alpha value is -2.21. The predicted octanol–water partition coefficient (Wildman–Crippen LogP) is 4.00. The van der Waals surface area contributed by atoms with Crippen molar-refractivity contribution in [2.75, 3.05) is 6.61 Å². The van der Waals surface area contributed by atoms with Crippen molar-refractivity contribution < 1.29 is 14.6 Å². The van der Waals surface area contributed by atoms with E-state index in [0.29, 0.717) is 6.61 Å². The van der Waals surface area contributed by atoms with Gasteiger partial charge in [-0.15, -0.1) is 5.92 Å². The minimum Gasteiger partial charge on any atom is -0.490 e. The molecule has 0 spiro atoms. The fraction of sp³-hybridized carbons (Fsp3) is 0.389. The normalized spacial score (nSPS) is 11.7. The smallest absolute Gasteiger partial charge is 0.304 e. The molecule has 0 unspecified atom stereocenters. The lowest BCUT2D eigenvalue weighted by Crippen LogP contribution is -2.04. The molecule has 3 heteroatoms. The highest BCUT2D eigenvalue weighted by Crippen LogP contribution is 2.22. The van der Waals surface area contributed by atoms with E-state index in [1.807, 2.05) is 30.3 Å². The van der Waals surface area contributed by atoms with Crippen LogP contribution < -0.4 is 4.74 Å². The van der Waals surface area contributed by atoms with Gasteiger partial charge in [-0.05, 0) is 31.0 Å². The van der Waals surface area contributed by atoms with E-state index in [1.165, 1.54) is 0 Å². The number of rotatable bonds is 8. The molecule has 1 N–H and O–H groups in total. The van der Waals surface area contributed by atoms with Crippen LogP contribution in [0.3, 0.4) is 0 Å². The van der Waals surface area contributed by atoms with Crippen LogP contribution in [-0.4, -0.2) is 17.7 Å². The number of carboxylic acid groups (broad SMARTS) is 1. The minimum atomic E-state index is -0.843. The van der Waals surface area contributed by atoms with Crippen LogP contribution in [0.5, 0.6) is 5.75 Å². The summed E-state index contributed by atoms with van der Waals surface area (Å²) < 4.78 is 5.59. The van der Waals surface area contributed by atoms with Gasteiger partial charge in [0, 0.05) is 0 Å². The lowest BCUT2D eigenvalue weighted by atomic mass is 9.96. The third-order valence-corrected chi connectivity index (χ3v) is 2.95. The summed E-state index contributed by atoms with van der Waals surface area (Å²) in [5.74, 6) is 5.38. The maximum absolute atomic E-state index is 10.9. The summed E-state index contributed by atoms with van der Waals surface area (Å²) in [6, 6.07) is 7.47. The quantitative estimate of drug-likeness (QED) is 0.580. The van der Waals surface area contributed by atoms with Gasteiger partial charge in [-0.25, -0.2) is 0 Å². The highest BCUT2D eigenvalue weighted by Gasteiger charge is 2.12. The summed E-state index contributed by atoms with van der Waals surface area (Å²) in [4.78, 5) is 10.9. The summed E-state index contributed by atoms with van der Waals surface area (Å²) in [5, 5.41) is 8.91. The highest BCUT2D eigenvalue weighted by atomic mass is 16.5. The van der Waals surface area contributed by atoms with Gasteiger partial charge in [0.05, 0.1) is 12.3 Å². The number of carbonyl (C=O) groups is 1. The zero-order chi connectivity index (χ0) is 15.5. The molecule has 0 saturated carbocycles. The molecule has 112 valence electrons. The van der Waals surface area contributed by atoms with Crippen LogP contribution in [0.1, 0.15) is 44.6 Å². The Morgan fingerprint density at radius 1 is 1.33 bits per heavy atom. The molecule has 1 aromatic rings. The fourth-order valence-corrected chi connectivity index (χ4v) is 1.89. The van der Waals surface area contributed by atoms with Crippen molar-refractivity contribution in [1.82, 2.24) is 0 Å². The van der Waals surface area contributed by atoms with Gasteiger partial charge in [0.1, 0.15) is 12.4 Å². The molecule has 0 heterocycles. The second-order valence-electron chi connectivity index (χ2n) is 4.68. The summed E-state index contributed by atoms with van der Waals surface area (Å²) in [7, 11) is 0. The molecule has 0 amide bonds. The van der Waals surface area contributed by atoms with Gasteiger partial charge in [-0.1, -0.05) is 43.5 Å². The predicted molar refractivity (Wildman–Crippen MR) is 84.4 cm³/mol. The van der Waals surface area contributed by atoms with E-state index in [-0.39, 0.29) is 12.3 Å². The van der Waals surface area contributed by atoms with Gasteiger partial charge in [0.25, 0.3) is 0 Å². The third kappa shape index (κ3) is 6.67. The monoisotopic (exact) mass is 286 g/mol. The minimum absolute atomic E-state index is 0.0147. The molecule has 0 fully saturated rings. The average Bonchev–Trinajstić information content (AvgIpc) is 2.47. The lowest BCUT2D eigenvalue weighted by molar-refractivity contribution is -0.137. The van der Waals surface area contributed by atoms with Crippen molar-refractivity contribution in [3.8, 4) is 17.6 Å². The van der Waals surface area contributed by atoms with Crippen LogP contribution >= 0.6 is 0 Å². The van der Waals surface area contributed by atoms with Gasteiger partial charge in [0.2, 0.25) is 0 Å². The molecule has 1 rings (SSSR count). The van der Waals surface area contributed by atoms with Crippen LogP contribution in [0.2, 0.25) is 0 Å². The van der Waals surface area contributed by atoms with Gasteiger partial charge < -0.3 is 9.84 Å². The number of allylic oxidation sites excluding steroid dienone is 1. The zero-order valence-electron chi connectivity index (χ0n) is 12.6. The first-order valence-corrected chi connectivity index (χ1v) is 7.19. The highest BCUT2D eigenvalue weighted by molar-refractivity contribution is 5.69. The van der Waals surface area contributed by atoms with Crippen molar-refractivity contribution in [2.45, 2.75) is 39.0 Å².